The van der Waals surface area contributed by atoms with Crippen molar-refractivity contribution in [2.24, 2.45) is 5.41 Å². The molecule has 1 aliphatic rings. The van der Waals surface area contributed by atoms with Crippen molar-refractivity contribution in [3.05, 3.63) is 129 Å². The van der Waals surface area contributed by atoms with Crippen LogP contribution in [0.4, 0.5) is 0 Å². The van der Waals surface area contributed by atoms with Crippen LogP contribution in [0.25, 0.3) is 0 Å². The van der Waals surface area contributed by atoms with Crippen LogP contribution in [-0.4, -0.2) is 43.6 Å². The first-order chi connectivity index (χ1) is 23.0. The molecule has 1 aromatic heterocycles. The number of hydrogen-bond acceptors (Lipinski definition) is 7. The van der Waals surface area contributed by atoms with Gasteiger partial charge in [0.2, 0.25) is 0 Å². The van der Waals surface area contributed by atoms with E-state index in [1.165, 1.54) is 22.4 Å². The highest BCUT2D eigenvalue weighted by Gasteiger charge is 2.44. The second-order valence-electron chi connectivity index (χ2n) is 12.4. The molecular formula is C40H47NO5S. The Bertz CT molecular complexity index is 1530. The van der Waals surface area contributed by atoms with Crippen LogP contribution in [0.1, 0.15) is 81.9 Å². The van der Waals surface area contributed by atoms with E-state index in [2.05, 4.69) is 71.6 Å². The van der Waals surface area contributed by atoms with E-state index in [-0.39, 0.29) is 23.5 Å². The number of thiophene rings is 1. The number of ether oxygens (including phenoxy) is 3. The zero-order chi connectivity index (χ0) is 32.9. The quantitative estimate of drug-likeness (QED) is 0.100. The summed E-state index contributed by atoms with van der Waals surface area (Å²) in [7, 11) is 1.40. The maximum atomic E-state index is 12.8. The number of methoxy groups -OCH3 is 1. The van der Waals surface area contributed by atoms with Crippen molar-refractivity contribution in [2.75, 3.05) is 26.8 Å². The van der Waals surface area contributed by atoms with Gasteiger partial charge in [-0.05, 0) is 92.9 Å². The molecule has 0 aliphatic heterocycles. The Balaban J connectivity index is 1.27. The maximum Gasteiger partial charge on any atom is 0.337 e. The Labute approximate surface area is 283 Å². The van der Waals surface area contributed by atoms with Gasteiger partial charge in [-0.3, -0.25) is 9.69 Å². The van der Waals surface area contributed by atoms with Gasteiger partial charge < -0.3 is 14.2 Å². The van der Waals surface area contributed by atoms with Crippen molar-refractivity contribution in [1.82, 2.24) is 4.90 Å². The van der Waals surface area contributed by atoms with E-state index in [1.807, 2.05) is 48.6 Å². The lowest BCUT2D eigenvalue weighted by Gasteiger charge is -2.39. The maximum absolute atomic E-state index is 12.8. The third-order valence-corrected chi connectivity index (χ3v) is 10.3. The van der Waals surface area contributed by atoms with Gasteiger partial charge in [0.25, 0.3) is 0 Å². The van der Waals surface area contributed by atoms with Crippen LogP contribution in [0.2, 0.25) is 0 Å². The molecule has 1 unspecified atom stereocenters. The van der Waals surface area contributed by atoms with Crippen LogP contribution >= 0.6 is 11.3 Å². The molecule has 6 nitrogen and oxygen atoms in total. The van der Waals surface area contributed by atoms with Gasteiger partial charge in [0, 0.05) is 22.8 Å². The highest BCUT2D eigenvalue weighted by molar-refractivity contribution is 7.11. The molecule has 1 fully saturated rings. The number of nitrogens with zero attached hydrogens (tertiary/aromatic N) is 1. The third kappa shape index (κ3) is 9.86. The minimum Gasteiger partial charge on any atom is -0.466 e. The summed E-state index contributed by atoms with van der Waals surface area (Å²) in [5, 5.41) is 0. The van der Waals surface area contributed by atoms with Gasteiger partial charge in [-0.15, -0.1) is 11.3 Å². The first-order valence-corrected chi connectivity index (χ1v) is 17.6. The predicted molar refractivity (Wildman–Crippen MR) is 187 cm³/mol. The van der Waals surface area contributed by atoms with Gasteiger partial charge in [-0.2, -0.15) is 0 Å². The molecule has 0 radical (unpaired) electrons. The molecule has 1 saturated carbocycles. The minimum absolute atomic E-state index is 0.0409. The smallest absolute Gasteiger partial charge is 0.337 e. The molecule has 1 atom stereocenters. The normalized spacial score (nSPS) is 14.4. The molecule has 4 aromatic rings. The zero-order valence-electron chi connectivity index (χ0n) is 27.7. The summed E-state index contributed by atoms with van der Waals surface area (Å²) in [6, 6.07) is 33.1. The monoisotopic (exact) mass is 653 g/mol. The number of carbonyl (C=O) groups excluding carboxylic acids is 2. The lowest BCUT2D eigenvalue weighted by molar-refractivity contribution is -0.162. The van der Waals surface area contributed by atoms with Crippen molar-refractivity contribution < 1.29 is 23.8 Å². The predicted octanol–water partition coefficient (Wildman–Crippen LogP) is 8.59. The van der Waals surface area contributed by atoms with E-state index < -0.39 is 0 Å². The van der Waals surface area contributed by atoms with E-state index in [9.17, 15) is 9.59 Å². The molecule has 0 spiro atoms. The molecule has 248 valence electrons. The topological polar surface area (TPSA) is 65.1 Å². The summed E-state index contributed by atoms with van der Waals surface area (Å²) >= 11 is 1.83. The van der Waals surface area contributed by atoms with Gasteiger partial charge in [0.15, 0.2) is 0 Å². The van der Waals surface area contributed by atoms with E-state index in [0.29, 0.717) is 31.9 Å². The van der Waals surface area contributed by atoms with E-state index in [0.717, 1.165) is 62.6 Å². The average molecular weight is 654 g/mol. The van der Waals surface area contributed by atoms with Crippen molar-refractivity contribution in [2.45, 2.75) is 71.1 Å². The Morgan fingerprint density at radius 1 is 0.851 bits per heavy atom. The van der Waals surface area contributed by atoms with E-state index in [4.69, 9.17) is 14.2 Å². The lowest BCUT2D eigenvalue weighted by atomic mass is 9.66. The fourth-order valence-corrected chi connectivity index (χ4v) is 7.27. The van der Waals surface area contributed by atoms with Crippen LogP contribution in [0.5, 0.6) is 0 Å². The fraction of sp³-hybridized carbons (Fsp3) is 0.400. The highest BCUT2D eigenvalue weighted by atomic mass is 32.1. The van der Waals surface area contributed by atoms with Crippen LogP contribution < -0.4 is 0 Å². The van der Waals surface area contributed by atoms with Crippen LogP contribution in [0.3, 0.4) is 0 Å². The van der Waals surface area contributed by atoms with Gasteiger partial charge in [-0.1, -0.05) is 79.2 Å². The number of benzene rings is 3. The van der Waals surface area contributed by atoms with Crippen molar-refractivity contribution >= 4 is 23.3 Å². The van der Waals surface area contributed by atoms with Gasteiger partial charge in [0.05, 0.1) is 37.4 Å². The molecule has 3 aromatic carbocycles. The standard InChI is InChI=1S/C40H47NO5S/c1-3-45-39(43)40(24-10-25-40)26-11-27-41(28-32-16-19-34(20-17-32)38(42)44-2)29-37(33-14-8-5-9-15-33)46-30-36-23-22-35(47-36)21-18-31-12-6-4-7-13-31/h4-9,12-17,19-20,22-23,37H,3,10-11,18,21,24-30H2,1-2H3. The van der Waals surface area contributed by atoms with E-state index >= 15 is 0 Å². The summed E-state index contributed by atoms with van der Waals surface area (Å²) in [5.41, 5.74) is 3.80. The Morgan fingerprint density at radius 3 is 2.21 bits per heavy atom. The summed E-state index contributed by atoms with van der Waals surface area (Å²) in [6.45, 7) is 5.05. The van der Waals surface area contributed by atoms with E-state index in [1.54, 1.807) is 0 Å². The molecule has 5 rings (SSSR count). The Kier molecular flexibility index (Phi) is 12.8. The fourth-order valence-electron chi connectivity index (χ4n) is 6.33. The summed E-state index contributed by atoms with van der Waals surface area (Å²) in [5.74, 6) is -0.381. The van der Waals surface area contributed by atoms with Crippen LogP contribution in [-0.2, 0) is 45.0 Å². The zero-order valence-corrected chi connectivity index (χ0v) is 28.5. The van der Waals surface area contributed by atoms with Crippen LogP contribution in [0, 0.1) is 5.41 Å². The summed E-state index contributed by atoms with van der Waals surface area (Å²) in [6.07, 6.45) is 6.51. The average Bonchev–Trinajstić information content (AvgIpc) is 3.55. The Hall–Kier alpha value is -3.78. The second-order valence-corrected chi connectivity index (χ2v) is 13.7. The summed E-state index contributed by atoms with van der Waals surface area (Å²) < 4.78 is 17.1. The first-order valence-electron chi connectivity index (χ1n) is 16.8. The largest absolute Gasteiger partial charge is 0.466 e. The molecule has 0 N–H and O–H groups in total. The molecule has 0 bridgehead atoms. The highest BCUT2D eigenvalue weighted by Crippen LogP contribution is 2.46. The van der Waals surface area contributed by atoms with Gasteiger partial charge in [0.1, 0.15) is 0 Å². The first kappa shape index (κ1) is 34.6. The molecule has 47 heavy (non-hydrogen) atoms. The van der Waals surface area contributed by atoms with Gasteiger partial charge in [-0.25, -0.2) is 4.79 Å². The molecule has 0 saturated heterocycles. The van der Waals surface area contributed by atoms with Crippen molar-refractivity contribution in [3.8, 4) is 0 Å². The number of carbonyl (C=O) groups is 2. The Morgan fingerprint density at radius 2 is 1.55 bits per heavy atom. The molecule has 1 aliphatic carbocycles. The molecule has 7 heteroatoms. The summed E-state index contributed by atoms with van der Waals surface area (Å²) in [4.78, 5) is 29.9. The second kappa shape index (κ2) is 17.4. The number of hydrogen-bond donors (Lipinski definition) is 0. The van der Waals surface area contributed by atoms with Crippen molar-refractivity contribution in [1.29, 1.82) is 0 Å². The number of aryl methyl sites for hydroxylation is 2. The SMILES string of the molecule is CCOC(=O)C1(CCCN(Cc2ccc(C(=O)OC)cc2)CC(OCc2ccc(CCc3ccccc3)s2)c2ccccc2)CCC1. The number of esters is 2. The minimum atomic E-state index is -0.340. The van der Waals surface area contributed by atoms with Gasteiger partial charge >= 0.3 is 11.9 Å². The number of rotatable bonds is 18. The lowest BCUT2D eigenvalue weighted by Crippen LogP contribution is -2.40. The molecule has 0 amide bonds. The molecule has 1 heterocycles. The third-order valence-electron chi connectivity index (χ3n) is 9.17. The van der Waals surface area contributed by atoms with Crippen molar-refractivity contribution in [3.63, 3.8) is 0 Å². The molecular weight excluding hydrogens is 607 g/mol. The van der Waals surface area contributed by atoms with Crippen LogP contribution in [0.15, 0.2) is 97.1 Å².